The molecule has 2 aromatic carbocycles. The summed E-state index contributed by atoms with van der Waals surface area (Å²) in [7, 11) is 0. The van der Waals surface area contributed by atoms with E-state index in [9.17, 15) is 14.7 Å². The Labute approximate surface area is 282 Å². The van der Waals surface area contributed by atoms with Gasteiger partial charge < -0.3 is 28.8 Å². The number of ketones is 1. The van der Waals surface area contributed by atoms with E-state index in [-0.39, 0.29) is 36.8 Å². The molecule has 3 bridgehead atoms. The highest BCUT2D eigenvalue weighted by molar-refractivity contribution is 6.04. The third kappa shape index (κ3) is 5.20. The largest absolute Gasteiger partial charge is 0.488 e. The summed E-state index contributed by atoms with van der Waals surface area (Å²) in [5, 5.41) is 12.4. The summed E-state index contributed by atoms with van der Waals surface area (Å²) >= 11 is 0. The van der Waals surface area contributed by atoms with E-state index in [2.05, 4.69) is 13.5 Å². The molecular formula is C40H46O8. The molecule has 7 rings (SSSR count). The number of ether oxygens (including phenoxy) is 5. The monoisotopic (exact) mass is 654 g/mol. The van der Waals surface area contributed by atoms with E-state index >= 15 is 0 Å². The van der Waals surface area contributed by atoms with Gasteiger partial charge in [-0.25, -0.2) is 0 Å². The van der Waals surface area contributed by atoms with Gasteiger partial charge in [-0.05, 0) is 86.9 Å². The maximum absolute atomic E-state index is 13.8. The predicted octanol–water partition coefficient (Wildman–Crippen LogP) is 6.21. The Bertz CT molecular complexity index is 1700. The van der Waals surface area contributed by atoms with Crippen LogP contribution in [-0.4, -0.2) is 57.9 Å². The number of esters is 1. The number of carbonyl (C=O) groups is 2. The molecule has 8 atom stereocenters. The molecule has 0 aromatic heterocycles. The van der Waals surface area contributed by atoms with E-state index < -0.39 is 46.7 Å². The van der Waals surface area contributed by atoms with Crippen molar-refractivity contribution in [2.45, 2.75) is 102 Å². The fourth-order valence-electron chi connectivity index (χ4n) is 8.91. The van der Waals surface area contributed by atoms with Crippen LogP contribution in [0.4, 0.5) is 0 Å². The van der Waals surface area contributed by atoms with E-state index in [0.717, 1.165) is 22.4 Å². The normalized spacial score (nSPS) is 36.4. The average molecular weight is 655 g/mol. The summed E-state index contributed by atoms with van der Waals surface area (Å²) in [6.45, 7) is 16.1. The first-order valence-corrected chi connectivity index (χ1v) is 17.0. The summed E-state index contributed by atoms with van der Waals surface area (Å²) in [4.78, 5) is 27.0. The Kier molecular flexibility index (Phi) is 7.72. The third-order valence-electron chi connectivity index (χ3n) is 10.8. The van der Waals surface area contributed by atoms with Crippen molar-refractivity contribution in [3.63, 3.8) is 0 Å². The molecular weight excluding hydrogens is 608 g/mol. The highest BCUT2D eigenvalue weighted by Gasteiger charge is 2.79. The first-order valence-electron chi connectivity index (χ1n) is 17.0. The Morgan fingerprint density at radius 3 is 2.42 bits per heavy atom. The zero-order chi connectivity index (χ0) is 34.3. The summed E-state index contributed by atoms with van der Waals surface area (Å²) < 4.78 is 32.7. The number of carbonyl (C=O) groups excluding carboxylic acids is 2. The van der Waals surface area contributed by atoms with Crippen molar-refractivity contribution in [3.8, 4) is 5.75 Å². The second-order valence-electron chi connectivity index (χ2n) is 15.5. The number of benzene rings is 2. The molecule has 2 heterocycles. The lowest BCUT2D eigenvalue weighted by Crippen LogP contribution is -2.70. The summed E-state index contributed by atoms with van der Waals surface area (Å²) in [6.07, 6.45) is 4.41. The van der Waals surface area contributed by atoms with Gasteiger partial charge in [-0.15, -0.1) is 0 Å². The van der Waals surface area contributed by atoms with Crippen LogP contribution in [0.15, 0.2) is 90.0 Å². The second-order valence-corrected chi connectivity index (χ2v) is 15.5. The molecule has 2 aromatic rings. The fourth-order valence-corrected chi connectivity index (χ4v) is 8.91. The van der Waals surface area contributed by atoms with Crippen LogP contribution in [0.25, 0.3) is 0 Å². The van der Waals surface area contributed by atoms with Crippen LogP contribution < -0.4 is 4.74 Å². The molecule has 0 amide bonds. The van der Waals surface area contributed by atoms with Crippen molar-refractivity contribution in [1.82, 2.24) is 0 Å². The quantitative estimate of drug-likeness (QED) is 0.265. The zero-order valence-electron chi connectivity index (χ0n) is 28.7. The lowest BCUT2D eigenvalue weighted by Gasteiger charge is -2.59. The van der Waals surface area contributed by atoms with E-state index in [0.29, 0.717) is 24.0 Å². The second kappa shape index (κ2) is 11.2. The first kappa shape index (κ1) is 33.0. The molecule has 1 saturated carbocycles. The van der Waals surface area contributed by atoms with Gasteiger partial charge >= 0.3 is 5.97 Å². The summed E-state index contributed by atoms with van der Waals surface area (Å²) in [5.74, 6) is -2.68. The average Bonchev–Trinajstić information content (AvgIpc) is 3.32. The van der Waals surface area contributed by atoms with E-state index in [1.165, 1.54) is 0 Å². The minimum atomic E-state index is -1.78. The van der Waals surface area contributed by atoms with Crippen molar-refractivity contribution in [1.29, 1.82) is 0 Å². The number of rotatable bonds is 8. The molecule has 48 heavy (non-hydrogen) atoms. The zero-order valence-corrected chi connectivity index (χ0v) is 28.7. The van der Waals surface area contributed by atoms with Gasteiger partial charge in [-0.1, -0.05) is 68.1 Å². The highest BCUT2D eigenvalue weighted by atomic mass is 16.9. The standard InChI is InChI=1S/C40H46O8/c1-24(2)38-20-26(4)40-31(35(38)46-39(47-38,48-40)22-28-11-9-8-10-12-28)18-29(21-37(43)32(40)17-25(3)34(37)42)23-44-33(41)19-27-13-15-30(16-14-27)45-36(5,6)7/h8-18,26,31-32,35,43H,1,19-23H2,2-7H3/t26-,31+,32-,35?,37-,38-,39-,40-/m1/s1. The van der Waals surface area contributed by atoms with Gasteiger partial charge in [0, 0.05) is 18.3 Å². The molecule has 254 valence electrons. The van der Waals surface area contributed by atoms with Crippen molar-refractivity contribution in [3.05, 3.63) is 101 Å². The van der Waals surface area contributed by atoms with Gasteiger partial charge in [0.1, 0.15) is 35.3 Å². The minimum Gasteiger partial charge on any atom is -0.488 e. The Balaban J connectivity index is 1.22. The molecule has 5 aliphatic rings. The first-order chi connectivity index (χ1) is 22.6. The number of fused-ring (bicyclic) bond motifs is 2. The van der Waals surface area contributed by atoms with Crippen molar-refractivity contribution in [2.75, 3.05) is 6.61 Å². The summed E-state index contributed by atoms with van der Waals surface area (Å²) in [5.41, 5.74) is -0.223. The van der Waals surface area contributed by atoms with Crippen LogP contribution in [0.3, 0.4) is 0 Å². The fraction of sp³-hybridized carbons (Fsp3) is 0.500. The maximum atomic E-state index is 13.8. The Morgan fingerprint density at radius 1 is 1.04 bits per heavy atom. The van der Waals surface area contributed by atoms with Crippen LogP contribution in [0.2, 0.25) is 0 Å². The number of hydrogen-bond donors (Lipinski definition) is 1. The van der Waals surface area contributed by atoms with Crippen LogP contribution in [0.5, 0.6) is 5.75 Å². The van der Waals surface area contributed by atoms with Crippen LogP contribution in [0.1, 0.15) is 65.5 Å². The van der Waals surface area contributed by atoms with Crippen molar-refractivity contribution >= 4 is 11.8 Å². The molecule has 3 aliphatic carbocycles. The number of Topliss-reactive ketones (excluding diaryl/α,β-unsaturated/α-hetero) is 1. The molecule has 2 saturated heterocycles. The minimum absolute atomic E-state index is 0.0180. The highest BCUT2D eigenvalue weighted by Crippen LogP contribution is 2.68. The lowest BCUT2D eigenvalue weighted by atomic mass is 9.55. The van der Waals surface area contributed by atoms with Crippen LogP contribution >= 0.6 is 0 Å². The predicted molar refractivity (Wildman–Crippen MR) is 179 cm³/mol. The molecule has 1 unspecified atom stereocenters. The van der Waals surface area contributed by atoms with Crippen LogP contribution in [0, 0.1) is 17.8 Å². The molecule has 0 spiro atoms. The van der Waals surface area contributed by atoms with Gasteiger partial charge in [-0.3, -0.25) is 9.59 Å². The van der Waals surface area contributed by atoms with E-state index in [1.807, 2.05) is 94.4 Å². The molecule has 3 fully saturated rings. The third-order valence-corrected chi connectivity index (χ3v) is 10.8. The lowest BCUT2D eigenvalue weighted by molar-refractivity contribution is -0.421. The number of aliphatic hydroxyl groups is 1. The van der Waals surface area contributed by atoms with Gasteiger partial charge in [0.05, 0.1) is 18.4 Å². The SMILES string of the molecule is C=C(C)[C@]12C[C@@H](C)[C@@]34O[C@](Cc5ccccc5)(OC1[C@@H]3C=C(COC(=O)Cc1ccc(OC(C)(C)C)cc1)C[C@]1(O)C(=O)C(C)=C[C@@H]41)O2. The molecule has 8 nitrogen and oxygen atoms in total. The summed E-state index contributed by atoms with van der Waals surface area (Å²) in [6, 6.07) is 17.3. The maximum Gasteiger partial charge on any atom is 0.310 e. The molecule has 1 N–H and O–H groups in total. The topological polar surface area (TPSA) is 101 Å². The van der Waals surface area contributed by atoms with Gasteiger partial charge in [0.2, 0.25) is 0 Å². The van der Waals surface area contributed by atoms with Crippen molar-refractivity contribution in [2.24, 2.45) is 17.8 Å². The molecule has 0 radical (unpaired) electrons. The Morgan fingerprint density at radius 2 is 1.75 bits per heavy atom. The number of hydrogen-bond acceptors (Lipinski definition) is 8. The van der Waals surface area contributed by atoms with E-state index in [1.54, 1.807) is 6.92 Å². The van der Waals surface area contributed by atoms with Gasteiger partial charge in [0.15, 0.2) is 5.78 Å². The smallest absolute Gasteiger partial charge is 0.310 e. The van der Waals surface area contributed by atoms with Gasteiger partial charge in [-0.2, -0.15) is 0 Å². The van der Waals surface area contributed by atoms with Crippen LogP contribution in [-0.2, 0) is 41.4 Å². The molecule has 8 heteroatoms. The van der Waals surface area contributed by atoms with Crippen molar-refractivity contribution < 1.29 is 38.4 Å². The Hall–Kier alpha value is -3.56. The van der Waals surface area contributed by atoms with E-state index in [4.69, 9.17) is 23.7 Å². The van der Waals surface area contributed by atoms with Gasteiger partial charge in [0.25, 0.3) is 5.97 Å². The molecule has 2 aliphatic heterocycles.